The van der Waals surface area contributed by atoms with Gasteiger partial charge in [0.05, 0.1) is 10.6 Å². The predicted molar refractivity (Wildman–Crippen MR) is 97.9 cm³/mol. The van der Waals surface area contributed by atoms with E-state index in [2.05, 4.69) is 65.0 Å². The lowest BCUT2D eigenvalue weighted by molar-refractivity contribution is 1.37. The molecular formula is C19H11NS2. The standard InChI is InChI=1S/C19H11NS2/c1-2-4-15-12(3-1)5-7-20-19(15)18-11-14-10-16-13(6-8-21-16)9-17(14)22-18/h1-11H. The molecule has 0 aliphatic carbocycles. The maximum atomic E-state index is 4.64. The molecule has 0 bridgehead atoms. The number of nitrogens with zero attached hydrogens (tertiary/aromatic N) is 1. The molecule has 0 radical (unpaired) electrons. The number of thiophene rings is 2. The van der Waals surface area contributed by atoms with Crippen molar-refractivity contribution in [3.63, 3.8) is 0 Å². The third kappa shape index (κ3) is 1.79. The fourth-order valence-electron chi connectivity index (χ4n) is 2.93. The van der Waals surface area contributed by atoms with Crippen LogP contribution in [0.1, 0.15) is 0 Å². The number of aromatic nitrogens is 1. The molecule has 0 aliphatic heterocycles. The molecule has 0 atom stereocenters. The number of rotatable bonds is 1. The van der Waals surface area contributed by atoms with Crippen LogP contribution in [-0.4, -0.2) is 4.98 Å². The Morgan fingerprint density at radius 2 is 1.68 bits per heavy atom. The average Bonchev–Trinajstić information content (AvgIpc) is 3.17. The Labute approximate surface area is 135 Å². The zero-order valence-electron chi connectivity index (χ0n) is 11.6. The largest absolute Gasteiger partial charge is 0.255 e. The highest BCUT2D eigenvalue weighted by Crippen LogP contribution is 2.38. The van der Waals surface area contributed by atoms with Crippen LogP contribution in [0.15, 0.2) is 66.2 Å². The van der Waals surface area contributed by atoms with Crippen LogP contribution in [0.4, 0.5) is 0 Å². The Bertz CT molecular complexity index is 1080. The van der Waals surface area contributed by atoms with Crippen LogP contribution in [0.25, 0.3) is 41.5 Å². The second kappa shape index (κ2) is 4.63. The van der Waals surface area contributed by atoms with E-state index in [4.69, 9.17) is 0 Å². The second-order valence-corrected chi connectivity index (χ2v) is 7.37. The van der Waals surface area contributed by atoms with E-state index in [1.165, 1.54) is 35.8 Å². The summed E-state index contributed by atoms with van der Waals surface area (Å²) in [6.07, 6.45) is 1.90. The highest BCUT2D eigenvalue weighted by Gasteiger charge is 2.10. The van der Waals surface area contributed by atoms with Gasteiger partial charge < -0.3 is 0 Å². The van der Waals surface area contributed by atoms with Gasteiger partial charge in [-0.25, -0.2) is 0 Å². The summed E-state index contributed by atoms with van der Waals surface area (Å²) in [7, 11) is 0. The maximum absolute atomic E-state index is 4.64. The van der Waals surface area contributed by atoms with Crippen molar-refractivity contribution < 1.29 is 0 Å². The molecular weight excluding hydrogens is 306 g/mol. The quantitative estimate of drug-likeness (QED) is 0.352. The lowest BCUT2D eigenvalue weighted by Gasteiger charge is -2.02. The van der Waals surface area contributed by atoms with Crippen LogP contribution in [0.5, 0.6) is 0 Å². The van der Waals surface area contributed by atoms with Crippen molar-refractivity contribution in [3.05, 3.63) is 66.2 Å². The van der Waals surface area contributed by atoms with E-state index in [-0.39, 0.29) is 0 Å². The molecule has 0 N–H and O–H groups in total. The van der Waals surface area contributed by atoms with Crippen molar-refractivity contribution in [2.45, 2.75) is 0 Å². The average molecular weight is 317 g/mol. The normalized spacial score (nSPS) is 11.6. The number of benzene rings is 2. The molecule has 0 amide bonds. The molecule has 5 aromatic rings. The molecule has 0 unspecified atom stereocenters. The minimum Gasteiger partial charge on any atom is -0.255 e. The lowest BCUT2D eigenvalue weighted by atomic mass is 10.1. The molecule has 3 heterocycles. The van der Waals surface area contributed by atoms with Gasteiger partial charge in [0.2, 0.25) is 0 Å². The maximum Gasteiger partial charge on any atom is 0.0880 e. The van der Waals surface area contributed by atoms with Gasteiger partial charge in [0, 0.05) is 21.0 Å². The molecule has 2 aromatic carbocycles. The van der Waals surface area contributed by atoms with Crippen LogP contribution in [0, 0.1) is 0 Å². The van der Waals surface area contributed by atoms with E-state index >= 15 is 0 Å². The third-order valence-corrected chi connectivity index (χ3v) is 5.98. The van der Waals surface area contributed by atoms with Gasteiger partial charge in [0.15, 0.2) is 0 Å². The fourth-order valence-corrected chi connectivity index (χ4v) is 4.85. The smallest absolute Gasteiger partial charge is 0.0880 e. The van der Waals surface area contributed by atoms with Crippen molar-refractivity contribution in [1.82, 2.24) is 4.98 Å². The highest BCUT2D eigenvalue weighted by atomic mass is 32.1. The first-order valence-corrected chi connectivity index (χ1v) is 8.83. The van der Waals surface area contributed by atoms with Gasteiger partial charge >= 0.3 is 0 Å². The molecule has 3 heteroatoms. The van der Waals surface area contributed by atoms with Crippen molar-refractivity contribution in [3.8, 4) is 10.6 Å². The molecule has 0 spiro atoms. The molecule has 3 aromatic heterocycles. The molecule has 22 heavy (non-hydrogen) atoms. The monoisotopic (exact) mass is 317 g/mol. The first kappa shape index (κ1) is 12.3. The summed E-state index contributed by atoms with van der Waals surface area (Å²) in [4.78, 5) is 5.88. The van der Waals surface area contributed by atoms with Gasteiger partial charge in [0.1, 0.15) is 0 Å². The van der Waals surface area contributed by atoms with Crippen molar-refractivity contribution >= 4 is 53.6 Å². The Balaban J connectivity index is 1.81. The van der Waals surface area contributed by atoms with Crippen molar-refractivity contribution in [2.24, 2.45) is 0 Å². The van der Waals surface area contributed by atoms with Gasteiger partial charge in [-0.1, -0.05) is 24.3 Å². The molecule has 0 saturated heterocycles. The Hall–Kier alpha value is -2.23. The summed E-state index contributed by atoms with van der Waals surface area (Å²) >= 11 is 3.62. The van der Waals surface area contributed by atoms with E-state index < -0.39 is 0 Å². The topological polar surface area (TPSA) is 12.9 Å². The second-order valence-electron chi connectivity index (χ2n) is 5.34. The van der Waals surface area contributed by atoms with Gasteiger partial charge in [0.25, 0.3) is 0 Å². The summed E-state index contributed by atoms with van der Waals surface area (Å²) < 4.78 is 2.68. The van der Waals surface area contributed by atoms with E-state index in [1.54, 1.807) is 11.3 Å². The molecule has 104 valence electrons. The van der Waals surface area contributed by atoms with Crippen LogP contribution in [0.3, 0.4) is 0 Å². The first-order valence-electron chi connectivity index (χ1n) is 7.13. The number of fused-ring (bicyclic) bond motifs is 3. The third-order valence-electron chi connectivity index (χ3n) is 4.00. The lowest BCUT2D eigenvalue weighted by Crippen LogP contribution is -1.82. The van der Waals surface area contributed by atoms with E-state index in [9.17, 15) is 0 Å². The molecule has 0 fully saturated rings. The first-order chi connectivity index (χ1) is 10.9. The summed E-state index contributed by atoms with van der Waals surface area (Å²) in [5.74, 6) is 0. The fraction of sp³-hybridized carbons (Fsp3) is 0. The van der Waals surface area contributed by atoms with Gasteiger partial charge in [-0.05, 0) is 51.9 Å². The van der Waals surface area contributed by atoms with Crippen LogP contribution < -0.4 is 0 Å². The zero-order chi connectivity index (χ0) is 14.5. The minimum atomic E-state index is 1.09. The zero-order valence-corrected chi connectivity index (χ0v) is 13.2. The highest BCUT2D eigenvalue weighted by molar-refractivity contribution is 7.22. The molecule has 5 rings (SSSR count). The summed E-state index contributed by atoms with van der Waals surface area (Å²) in [6.45, 7) is 0. The Morgan fingerprint density at radius 1 is 0.773 bits per heavy atom. The summed E-state index contributed by atoms with van der Waals surface area (Å²) in [6, 6.07) is 19.6. The van der Waals surface area contributed by atoms with Crippen molar-refractivity contribution in [2.75, 3.05) is 0 Å². The SMILES string of the molecule is c1ccc2c(-c3cc4cc5sccc5cc4s3)nccc2c1. The van der Waals surface area contributed by atoms with Crippen LogP contribution in [0.2, 0.25) is 0 Å². The summed E-state index contributed by atoms with van der Waals surface area (Å²) in [5, 5.41) is 7.26. The van der Waals surface area contributed by atoms with Crippen LogP contribution >= 0.6 is 22.7 Å². The van der Waals surface area contributed by atoms with E-state index in [1.807, 2.05) is 17.5 Å². The van der Waals surface area contributed by atoms with Gasteiger partial charge in [-0.15, -0.1) is 22.7 Å². The van der Waals surface area contributed by atoms with Crippen molar-refractivity contribution in [1.29, 1.82) is 0 Å². The number of hydrogen-bond donors (Lipinski definition) is 0. The predicted octanol–water partition coefficient (Wildman–Crippen LogP) is 6.33. The summed E-state index contributed by atoms with van der Waals surface area (Å²) in [5.41, 5.74) is 1.09. The Kier molecular flexibility index (Phi) is 2.60. The van der Waals surface area contributed by atoms with E-state index in [0.29, 0.717) is 0 Å². The molecule has 0 saturated carbocycles. The Morgan fingerprint density at radius 3 is 2.68 bits per heavy atom. The minimum absolute atomic E-state index is 1.09. The van der Waals surface area contributed by atoms with Crippen LogP contribution in [-0.2, 0) is 0 Å². The number of hydrogen-bond acceptors (Lipinski definition) is 3. The van der Waals surface area contributed by atoms with Gasteiger partial charge in [-0.2, -0.15) is 0 Å². The molecule has 0 aliphatic rings. The van der Waals surface area contributed by atoms with Gasteiger partial charge in [-0.3, -0.25) is 4.98 Å². The number of pyridine rings is 1. The molecule has 1 nitrogen and oxygen atoms in total. The van der Waals surface area contributed by atoms with E-state index in [0.717, 1.165) is 5.69 Å².